The maximum atomic E-state index is 11.5. The first-order chi connectivity index (χ1) is 8.46. The lowest BCUT2D eigenvalue weighted by atomic mass is 9.99. The molecule has 18 heavy (non-hydrogen) atoms. The highest BCUT2D eigenvalue weighted by molar-refractivity contribution is 5.88. The first-order valence-electron chi connectivity index (χ1n) is 5.85. The molecule has 0 aromatic heterocycles. The Bertz CT molecular complexity index is 296. The van der Waals surface area contributed by atoms with Crippen molar-refractivity contribution in [2.24, 2.45) is 11.7 Å². The Morgan fingerprint density at radius 3 is 2.50 bits per heavy atom. The number of hydrogen-bond acceptors (Lipinski definition) is 5. The normalized spacial score (nSPS) is 15.3. The molecule has 0 radical (unpaired) electrons. The van der Waals surface area contributed by atoms with Crippen LogP contribution in [0.3, 0.4) is 0 Å². The van der Waals surface area contributed by atoms with Crippen molar-refractivity contribution in [3.8, 4) is 0 Å². The zero-order chi connectivity index (χ0) is 14.1. The molecular weight excluding hydrogens is 238 g/mol. The molecule has 0 heterocycles. The molecule has 0 fully saturated rings. The second-order valence-corrected chi connectivity index (χ2v) is 4.12. The predicted molar refractivity (Wildman–Crippen MR) is 65.5 cm³/mol. The van der Waals surface area contributed by atoms with Crippen molar-refractivity contribution >= 4 is 18.1 Å². The zero-order valence-electron chi connectivity index (χ0n) is 10.7. The molecule has 0 aliphatic heterocycles. The third-order valence-corrected chi connectivity index (χ3v) is 2.69. The van der Waals surface area contributed by atoms with Gasteiger partial charge in [0.15, 0.2) is 0 Å². The Balaban J connectivity index is 4.05. The van der Waals surface area contributed by atoms with E-state index in [1.165, 1.54) is 0 Å². The van der Waals surface area contributed by atoms with E-state index >= 15 is 0 Å². The number of hydrogen-bond donors (Lipinski definition) is 4. The van der Waals surface area contributed by atoms with Crippen LogP contribution in [-0.2, 0) is 14.4 Å². The van der Waals surface area contributed by atoms with Crippen molar-refractivity contribution in [2.75, 3.05) is 13.2 Å². The number of aliphatic hydroxyl groups excluding tert-OH is 1. The molecule has 7 nitrogen and oxygen atoms in total. The summed E-state index contributed by atoms with van der Waals surface area (Å²) in [6.45, 7) is 3.02. The van der Waals surface area contributed by atoms with Gasteiger partial charge in [-0.05, 0) is 5.92 Å². The molecule has 3 unspecified atom stereocenters. The molecule has 0 spiro atoms. The lowest BCUT2D eigenvalue weighted by Gasteiger charge is -2.17. The predicted octanol–water partition coefficient (Wildman–Crippen LogP) is -1.85. The van der Waals surface area contributed by atoms with Crippen LogP contribution in [0.1, 0.15) is 20.3 Å². The number of amides is 2. The average molecular weight is 259 g/mol. The summed E-state index contributed by atoms with van der Waals surface area (Å²) in [4.78, 5) is 33.2. The van der Waals surface area contributed by atoms with E-state index in [9.17, 15) is 14.4 Å². The SMILES string of the molecule is CCC(C)C(N)C(=O)NCC(=O)NC(C=O)CO. The fourth-order valence-electron chi connectivity index (χ4n) is 1.18. The van der Waals surface area contributed by atoms with Crippen molar-refractivity contribution in [1.29, 1.82) is 0 Å². The van der Waals surface area contributed by atoms with Gasteiger partial charge in [0.2, 0.25) is 11.8 Å². The Morgan fingerprint density at radius 2 is 2.06 bits per heavy atom. The molecule has 0 bridgehead atoms. The third kappa shape index (κ3) is 5.74. The van der Waals surface area contributed by atoms with Crippen molar-refractivity contribution in [3.63, 3.8) is 0 Å². The number of aliphatic hydroxyl groups is 1. The van der Waals surface area contributed by atoms with Crippen LogP contribution in [0.5, 0.6) is 0 Å². The molecule has 0 saturated carbocycles. The van der Waals surface area contributed by atoms with Crippen LogP contribution in [-0.4, -0.2) is 48.4 Å². The van der Waals surface area contributed by atoms with Gasteiger partial charge in [-0.1, -0.05) is 20.3 Å². The fraction of sp³-hybridized carbons (Fsp3) is 0.727. The summed E-state index contributed by atoms with van der Waals surface area (Å²) in [7, 11) is 0. The van der Waals surface area contributed by atoms with E-state index in [4.69, 9.17) is 10.8 Å². The minimum atomic E-state index is -0.947. The van der Waals surface area contributed by atoms with Crippen LogP contribution >= 0.6 is 0 Å². The van der Waals surface area contributed by atoms with E-state index in [1.807, 2.05) is 13.8 Å². The molecule has 0 aromatic carbocycles. The van der Waals surface area contributed by atoms with Crippen LogP contribution < -0.4 is 16.4 Å². The Kier molecular flexibility index (Phi) is 7.89. The highest BCUT2D eigenvalue weighted by Crippen LogP contribution is 2.04. The first-order valence-corrected chi connectivity index (χ1v) is 5.85. The summed E-state index contributed by atoms with van der Waals surface area (Å²) in [5, 5.41) is 13.3. The molecular formula is C11H21N3O4. The van der Waals surface area contributed by atoms with Crippen molar-refractivity contribution in [1.82, 2.24) is 10.6 Å². The van der Waals surface area contributed by atoms with E-state index in [0.717, 1.165) is 6.42 Å². The van der Waals surface area contributed by atoms with E-state index in [0.29, 0.717) is 6.29 Å². The highest BCUT2D eigenvalue weighted by Gasteiger charge is 2.20. The van der Waals surface area contributed by atoms with E-state index in [-0.39, 0.29) is 12.5 Å². The minimum Gasteiger partial charge on any atom is -0.394 e. The summed E-state index contributed by atoms with van der Waals surface area (Å²) in [5.74, 6) is -0.940. The molecule has 0 saturated heterocycles. The third-order valence-electron chi connectivity index (χ3n) is 2.69. The van der Waals surface area contributed by atoms with Gasteiger partial charge >= 0.3 is 0 Å². The van der Waals surface area contributed by atoms with Crippen LogP contribution in [0.2, 0.25) is 0 Å². The van der Waals surface area contributed by atoms with Gasteiger partial charge < -0.3 is 26.3 Å². The van der Waals surface area contributed by atoms with Gasteiger partial charge in [-0.25, -0.2) is 0 Å². The highest BCUT2D eigenvalue weighted by atomic mass is 16.3. The van der Waals surface area contributed by atoms with Gasteiger partial charge in [0, 0.05) is 0 Å². The Morgan fingerprint density at radius 1 is 1.44 bits per heavy atom. The summed E-state index contributed by atoms with van der Waals surface area (Å²) >= 11 is 0. The molecule has 0 aliphatic rings. The smallest absolute Gasteiger partial charge is 0.240 e. The fourth-order valence-corrected chi connectivity index (χ4v) is 1.18. The lowest BCUT2D eigenvalue weighted by Crippen LogP contribution is -2.49. The van der Waals surface area contributed by atoms with Gasteiger partial charge in [-0.2, -0.15) is 0 Å². The van der Waals surface area contributed by atoms with E-state index < -0.39 is 30.5 Å². The maximum Gasteiger partial charge on any atom is 0.240 e. The van der Waals surface area contributed by atoms with Gasteiger partial charge in [-0.3, -0.25) is 9.59 Å². The second kappa shape index (κ2) is 8.60. The van der Waals surface area contributed by atoms with Gasteiger partial charge in [0.25, 0.3) is 0 Å². The second-order valence-electron chi connectivity index (χ2n) is 4.12. The van der Waals surface area contributed by atoms with Crippen molar-refractivity contribution < 1.29 is 19.5 Å². The number of carbonyl (C=O) groups excluding carboxylic acids is 3. The molecule has 104 valence electrons. The molecule has 5 N–H and O–H groups in total. The van der Waals surface area contributed by atoms with Gasteiger partial charge in [-0.15, -0.1) is 0 Å². The Hall–Kier alpha value is -1.47. The number of carbonyl (C=O) groups is 3. The van der Waals surface area contributed by atoms with Gasteiger partial charge in [0.05, 0.1) is 19.2 Å². The molecule has 7 heteroatoms. The average Bonchev–Trinajstić information content (AvgIpc) is 2.40. The topological polar surface area (TPSA) is 122 Å². The lowest BCUT2D eigenvalue weighted by molar-refractivity contribution is -0.128. The summed E-state index contributed by atoms with van der Waals surface area (Å²) in [6, 6.07) is -1.61. The van der Waals surface area contributed by atoms with Gasteiger partial charge in [0.1, 0.15) is 12.3 Å². The van der Waals surface area contributed by atoms with Crippen LogP contribution in [0, 0.1) is 5.92 Å². The Labute approximate surface area is 106 Å². The summed E-state index contributed by atoms with van der Waals surface area (Å²) in [5.41, 5.74) is 5.67. The minimum absolute atomic E-state index is 0.0215. The molecule has 2 amide bonds. The van der Waals surface area contributed by atoms with E-state index in [2.05, 4.69) is 10.6 Å². The molecule has 0 aliphatic carbocycles. The van der Waals surface area contributed by atoms with Crippen LogP contribution in [0.15, 0.2) is 0 Å². The standard InChI is InChI=1S/C11H21N3O4/c1-3-7(2)10(12)11(18)13-4-9(17)14-8(5-15)6-16/h5,7-8,10,16H,3-4,6,12H2,1-2H3,(H,13,18)(H,14,17). The summed E-state index contributed by atoms with van der Waals surface area (Å²) in [6.07, 6.45) is 1.18. The summed E-state index contributed by atoms with van der Waals surface area (Å²) < 4.78 is 0. The largest absolute Gasteiger partial charge is 0.394 e. The number of nitrogens with two attached hydrogens (primary N) is 1. The number of nitrogens with one attached hydrogen (secondary N) is 2. The van der Waals surface area contributed by atoms with Crippen LogP contribution in [0.4, 0.5) is 0 Å². The first kappa shape index (κ1) is 16.5. The monoisotopic (exact) mass is 259 g/mol. The zero-order valence-corrected chi connectivity index (χ0v) is 10.7. The maximum absolute atomic E-state index is 11.5. The molecule has 0 aromatic rings. The molecule has 0 rings (SSSR count). The number of rotatable bonds is 8. The van der Waals surface area contributed by atoms with Crippen molar-refractivity contribution in [3.05, 3.63) is 0 Å². The van der Waals surface area contributed by atoms with Crippen LogP contribution in [0.25, 0.3) is 0 Å². The van der Waals surface area contributed by atoms with Crippen molar-refractivity contribution in [2.45, 2.75) is 32.4 Å². The molecule has 3 atom stereocenters. The van der Waals surface area contributed by atoms with E-state index in [1.54, 1.807) is 0 Å². The quantitative estimate of drug-likeness (QED) is 0.381. The number of aldehydes is 1.